The Balaban J connectivity index is 1.77. The molecule has 1 saturated carbocycles. The number of nitrogens with zero attached hydrogens (tertiary/aromatic N) is 2. The van der Waals surface area contributed by atoms with Crippen molar-refractivity contribution in [1.29, 1.82) is 0 Å². The number of aliphatic carboxylic acids is 1. The van der Waals surface area contributed by atoms with Crippen LogP contribution in [0.25, 0.3) is 11.5 Å². The monoisotopic (exact) mass is 315 g/mol. The molecule has 0 unspecified atom stereocenters. The second-order valence-corrected chi connectivity index (χ2v) is 5.71. The van der Waals surface area contributed by atoms with Crippen molar-refractivity contribution in [3.8, 4) is 11.5 Å². The maximum absolute atomic E-state index is 12.5. The average Bonchev–Trinajstić information content (AvgIpc) is 3.16. The lowest BCUT2D eigenvalue weighted by molar-refractivity contribution is -0.141. The van der Waals surface area contributed by atoms with Gasteiger partial charge in [0.15, 0.2) is 5.82 Å². The molecule has 0 aliphatic heterocycles. The highest BCUT2D eigenvalue weighted by atomic mass is 16.5. The summed E-state index contributed by atoms with van der Waals surface area (Å²) in [5.41, 5.74) is 1.01. The normalized spacial score (nSPS) is 20.4. The Bertz CT molecular complexity index is 740. The van der Waals surface area contributed by atoms with Gasteiger partial charge in [0.1, 0.15) is 0 Å². The van der Waals surface area contributed by atoms with E-state index >= 15 is 0 Å². The summed E-state index contributed by atoms with van der Waals surface area (Å²) < 4.78 is 5.14. The third kappa shape index (κ3) is 3.23. The van der Waals surface area contributed by atoms with Crippen LogP contribution in [0.15, 0.2) is 28.8 Å². The van der Waals surface area contributed by atoms with Crippen molar-refractivity contribution >= 4 is 11.9 Å². The molecular formula is C16H17N3O4. The number of carbonyl (C=O) groups is 2. The van der Waals surface area contributed by atoms with E-state index in [1.165, 1.54) is 0 Å². The minimum absolute atomic E-state index is 0.124. The van der Waals surface area contributed by atoms with E-state index < -0.39 is 5.97 Å². The van der Waals surface area contributed by atoms with Gasteiger partial charge in [0.25, 0.3) is 11.8 Å². The number of rotatable bonds is 4. The molecule has 1 fully saturated rings. The highest BCUT2D eigenvalue weighted by Crippen LogP contribution is 2.27. The lowest BCUT2D eigenvalue weighted by Crippen LogP contribution is -2.33. The average molecular weight is 315 g/mol. The van der Waals surface area contributed by atoms with Crippen LogP contribution in [0.3, 0.4) is 0 Å². The second kappa shape index (κ2) is 6.20. The molecule has 0 saturated heterocycles. The van der Waals surface area contributed by atoms with Crippen molar-refractivity contribution in [1.82, 2.24) is 15.5 Å². The SMILES string of the molecule is Cc1noc(-c2ccccc2C(=O)N[C@@H]2CC[C@H](C(=O)O)C2)n1. The van der Waals surface area contributed by atoms with Crippen molar-refractivity contribution in [3.63, 3.8) is 0 Å². The lowest BCUT2D eigenvalue weighted by Gasteiger charge is -2.13. The number of carboxylic acids is 1. The summed E-state index contributed by atoms with van der Waals surface area (Å²) in [6.45, 7) is 1.71. The largest absolute Gasteiger partial charge is 0.481 e. The molecule has 23 heavy (non-hydrogen) atoms. The number of aromatic nitrogens is 2. The minimum atomic E-state index is -0.802. The molecule has 3 rings (SSSR count). The van der Waals surface area contributed by atoms with E-state index in [1.807, 2.05) is 0 Å². The summed E-state index contributed by atoms with van der Waals surface area (Å²) >= 11 is 0. The topological polar surface area (TPSA) is 105 Å². The van der Waals surface area contributed by atoms with E-state index in [4.69, 9.17) is 9.63 Å². The van der Waals surface area contributed by atoms with Gasteiger partial charge in [-0.1, -0.05) is 17.3 Å². The number of carbonyl (C=O) groups excluding carboxylic acids is 1. The third-order valence-corrected chi connectivity index (χ3v) is 4.05. The van der Waals surface area contributed by atoms with Gasteiger partial charge in [-0.15, -0.1) is 0 Å². The van der Waals surface area contributed by atoms with E-state index in [0.29, 0.717) is 42.1 Å². The molecule has 2 atom stereocenters. The highest BCUT2D eigenvalue weighted by molar-refractivity contribution is 6.00. The smallest absolute Gasteiger partial charge is 0.306 e. The van der Waals surface area contributed by atoms with Gasteiger partial charge in [-0.2, -0.15) is 4.98 Å². The van der Waals surface area contributed by atoms with Crippen molar-refractivity contribution in [2.45, 2.75) is 32.2 Å². The number of aryl methyl sites for hydroxylation is 1. The molecule has 1 aromatic heterocycles. The first-order chi connectivity index (χ1) is 11.0. The molecule has 2 aromatic rings. The quantitative estimate of drug-likeness (QED) is 0.894. The van der Waals surface area contributed by atoms with E-state index in [2.05, 4.69) is 15.5 Å². The van der Waals surface area contributed by atoms with E-state index in [1.54, 1.807) is 31.2 Å². The van der Waals surface area contributed by atoms with Crippen LogP contribution < -0.4 is 5.32 Å². The molecule has 0 radical (unpaired) electrons. The first-order valence-corrected chi connectivity index (χ1v) is 7.48. The van der Waals surface area contributed by atoms with E-state index in [-0.39, 0.29) is 17.9 Å². The van der Waals surface area contributed by atoms with E-state index in [9.17, 15) is 9.59 Å². The number of carboxylic acid groups (broad SMARTS) is 1. The molecular weight excluding hydrogens is 298 g/mol. The maximum Gasteiger partial charge on any atom is 0.306 e. The summed E-state index contributed by atoms with van der Waals surface area (Å²) in [4.78, 5) is 27.7. The standard InChI is InChI=1S/C16H17N3O4/c1-9-17-15(23-19-9)13-5-3-2-4-12(13)14(20)18-11-7-6-10(8-11)16(21)22/h2-5,10-11H,6-8H2,1H3,(H,18,20)(H,21,22)/t10-,11+/m0/s1. The zero-order valence-electron chi connectivity index (χ0n) is 12.7. The Kier molecular flexibility index (Phi) is 4.10. The van der Waals surface area contributed by atoms with Crippen molar-refractivity contribution < 1.29 is 19.2 Å². The summed E-state index contributed by atoms with van der Waals surface area (Å²) in [6, 6.07) is 6.86. The Morgan fingerprint density at radius 2 is 2.09 bits per heavy atom. The minimum Gasteiger partial charge on any atom is -0.481 e. The Labute approximate surface area is 132 Å². The van der Waals surface area contributed by atoms with Crippen LogP contribution in [-0.2, 0) is 4.79 Å². The van der Waals surface area contributed by atoms with Crippen molar-refractivity contribution in [2.24, 2.45) is 5.92 Å². The molecule has 1 amide bonds. The Morgan fingerprint density at radius 3 is 2.74 bits per heavy atom. The van der Waals surface area contributed by atoms with Crippen molar-refractivity contribution in [3.05, 3.63) is 35.7 Å². The van der Waals surface area contributed by atoms with Crippen LogP contribution >= 0.6 is 0 Å². The van der Waals surface area contributed by atoms with Gasteiger partial charge in [-0.3, -0.25) is 9.59 Å². The summed E-state index contributed by atoms with van der Waals surface area (Å²) in [7, 11) is 0. The number of hydrogen-bond donors (Lipinski definition) is 2. The molecule has 1 aliphatic rings. The van der Waals surface area contributed by atoms with Gasteiger partial charge in [0.2, 0.25) is 0 Å². The first-order valence-electron chi connectivity index (χ1n) is 7.48. The second-order valence-electron chi connectivity index (χ2n) is 5.71. The molecule has 1 aliphatic carbocycles. The molecule has 1 heterocycles. The summed E-state index contributed by atoms with van der Waals surface area (Å²) in [5, 5.41) is 15.7. The molecule has 120 valence electrons. The first kappa shape index (κ1) is 15.2. The van der Waals surface area contributed by atoms with Crippen LogP contribution in [-0.4, -0.2) is 33.2 Å². The van der Waals surface area contributed by atoms with Gasteiger partial charge >= 0.3 is 5.97 Å². The molecule has 0 bridgehead atoms. The van der Waals surface area contributed by atoms with Crippen LogP contribution in [0, 0.1) is 12.8 Å². The fourth-order valence-electron chi connectivity index (χ4n) is 2.87. The highest BCUT2D eigenvalue weighted by Gasteiger charge is 2.31. The molecule has 1 aromatic carbocycles. The molecule has 2 N–H and O–H groups in total. The molecule has 0 spiro atoms. The van der Waals surface area contributed by atoms with Crippen LogP contribution in [0.5, 0.6) is 0 Å². The fraction of sp³-hybridized carbons (Fsp3) is 0.375. The zero-order valence-corrected chi connectivity index (χ0v) is 12.7. The number of amides is 1. The van der Waals surface area contributed by atoms with Crippen LogP contribution in [0.2, 0.25) is 0 Å². The number of benzene rings is 1. The van der Waals surface area contributed by atoms with Crippen LogP contribution in [0.4, 0.5) is 0 Å². The van der Waals surface area contributed by atoms with Crippen molar-refractivity contribution in [2.75, 3.05) is 0 Å². The van der Waals surface area contributed by atoms with E-state index in [0.717, 1.165) is 0 Å². The predicted molar refractivity (Wildman–Crippen MR) is 80.7 cm³/mol. The van der Waals surface area contributed by atoms with Gasteiger partial charge in [0.05, 0.1) is 17.0 Å². The summed E-state index contributed by atoms with van der Waals surface area (Å²) in [6.07, 6.45) is 1.72. The van der Waals surface area contributed by atoms with Crippen LogP contribution in [0.1, 0.15) is 35.4 Å². The van der Waals surface area contributed by atoms with Gasteiger partial charge < -0.3 is 14.9 Å². The van der Waals surface area contributed by atoms with Gasteiger partial charge in [-0.05, 0) is 38.3 Å². The van der Waals surface area contributed by atoms with Gasteiger partial charge in [-0.25, -0.2) is 0 Å². The predicted octanol–water partition coefficient (Wildman–Crippen LogP) is 2.03. The summed E-state index contributed by atoms with van der Waals surface area (Å²) in [5.74, 6) is -0.650. The molecule has 7 nitrogen and oxygen atoms in total. The lowest BCUT2D eigenvalue weighted by atomic mass is 10.1. The zero-order chi connectivity index (χ0) is 16.4. The number of nitrogens with one attached hydrogen (secondary N) is 1. The number of hydrogen-bond acceptors (Lipinski definition) is 5. The fourth-order valence-corrected chi connectivity index (χ4v) is 2.87. The Morgan fingerprint density at radius 1 is 1.30 bits per heavy atom. The Hall–Kier alpha value is -2.70. The third-order valence-electron chi connectivity index (χ3n) is 4.05. The maximum atomic E-state index is 12.5. The molecule has 7 heteroatoms. The van der Waals surface area contributed by atoms with Gasteiger partial charge in [0, 0.05) is 6.04 Å².